The third-order valence-electron chi connectivity index (χ3n) is 4.24. The third-order valence-corrected chi connectivity index (χ3v) is 4.24. The molecule has 1 atom stereocenters. The molecule has 1 unspecified atom stereocenters. The van der Waals surface area contributed by atoms with E-state index in [-0.39, 0.29) is 30.0 Å². The lowest BCUT2D eigenvalue weighted by atomic mass is 10.2. The molecule has 1 aliphatic rings. The SMILES string of the molecule is CCNC(=NCC(c1ccco1)N(CC)CC)NC1CC=CC1.I. The van der Waals surface area contributed by atoms with E-state index in [0.717, 1.165) is 44.2 Å². The number of rotatable bonds is 8. The topological polar surface area (TPSA) is 52.8 Å². The van der Waals surface area contributed by atoms with Gasteiger partial charge in [0.15, 0.2) is 5.96 Å². The summed E-state index contributed by atoms with van der Waals surface area (Å²) in [6, 6.07) is 4.63. The van der Waals surface area contributed by atoms with Crippen molar-refractivity contribution in [3.05, 3.63) is 36.3 Å². The standard InChI is InChI=1S/C18H30N4O.HI/c1-4-19-18(21-15-10-7-8-11-15)20-14-16(22(5-2)6-3)17-12-9-13-23-17;/h7-9,12-13,15-16H,4-6,10-11,14H2,1-3H3,(H2,19,20,21);1H. The van der Waals surface area contributed by atoms with Crippen molar-refractivity contribution in [3.63, 3.8) is 0 Å². The van der Waals surface area contributed by atoms with E-state index in [0.29, 0.717) is 12.6 Å². The van der Waals surface area contributed by atoms with Crippen molar-refractivity contribution < 1.29 is 4.42 Å². The predicted molar refractivity (Wildman–Crippen MR) is 111 cm³/mol. The van der Waals surface area contributed by atoms with E-state index >= 15 is 0 Å². The molecule has 6 heteroatoms. The smallest absolute Gasteiger partial charge is 0.191 e. The fourth-order valence-corrected chi connectivity index (χ4v) is 2.96. The van der Waals surface area contributed by atoms with Crippen LogP contribution in [0.25, 0.3) is 0 Å². The molecule has 1 heterocycles. The maximum atomic E-state index is 5.64. The predicted octanol–water partition coefficient (Wildman–Crippen LogP) is 3.55. The van der Waals surface area contributed by atoms with Gasteiger partial charge in [-0.25, -0.2) is 0 Å². The van der Waals surface area contributed by atoms with Crippen LogP contribution in [0.1, 0.15) is 45.4 Å². The Hall–Kier alpha value is -1.02. The van der Waals surface area contributed by atoms with Gasteiger partial charge in [0, 0.05) is 12.6 Å². The summed E-state index contributed by atoms with van der Waals surface area (Å²) in [5.41, 5.74) is 0. The molecule has 0 amide bonds. The molecule has 2 rings (SSSR count). The van der Waals surface area contributed by atoms with Crippen molar-refractivity contribution >= 4 is 29.9 Å². The molecule has 0 radical (unpaired) electrons. The lowest BCUT2D eigenvalue weighted by Crippen LogP contribution is -2.43. The lowest BCUT2D eigenvalue weighted by Gasteiger charge is -2.27. The van der Waals surface area contributed by atoms with Gasteiger partial charge >= 0.3 is 0 Å². The zero-order valence-electron chi connectivity index (χ0n) is 15.0. The Bertz CT molecular complexity index is 489. The van der Waals surface area contributed by atoms with Crippen LogP contribution in [-0.2, 0) is 0 Å². The van der Waals surface area contributed by atoms with Crippen molar-refractivity contribution in [3.8, 4) is 0 Å². The first-order valence-corrected chi connectivity index (χ1v) is 8.75. The number of hydrogen-bond donors (Lipinski definition) is 2. The highest BCUT2D eigenvalue weighted by Crippen LogP contribution is 2.21. The van der Waals surface area contributed by atoms with E-state index in [9.17, 15) is 0 Å². The average Bonchev–Trinajstić information content (AvgIpc) is 3.25. The molecule has 0 saturated heterocycles. The summed E-state index contributed by atoms with van der Waals surface area (Å²) < 4.78 is 5.64. The van der Waals surface area contributed by atoms with E-state index in [4.69, 9.17) is 9.41 Å². The fraction of sp³-hybridized carbons (Fsp3) is 0.611. The minimum Gasteiger partial charge on any atom is -0.468 e. The monoisotopic (exact) mass is 446 g/mol. The Labute approximate surface area is 163 Å². The number of likely N-dealkylation sites (N-methyl/N-ethyl adjacent to an activating group) is 1. The number of guanidine groups is 1. The largest absolute Gasteiger partial charge is 0.468 e. The van der Waals surface area contributed by atoms with Crippen molar-refractivity contribution in [1.29, 1.82) is 0 Å². The van der Waals surface area contributed by atoms with Crippen LogP contribution < -0.4 is 10.6 Å². The highest BCUT2D eigenvalue weighted by Gasteiger charge is 2.21. The first-order chi connectivity index (χ1) is 11.3. The zero-order valence-corrected chi connectivity index (χ0v) is 17.3. The van der Waals surface area contributed by atoms with Gasteiger partial charge in [-0.2, -0.15) is 0 Å². The van der Waals surface area contributed by atoms with Gasteiger partial charge in [0.25, 0.3) is 0 Å². The van der Waals surface area contributed by atoms with E-state index < -0.39 is 0 Å². The van der Waals surface area contributed by atoms with Gasteiger partial charge in [-0.15, -0.1) is 24.0 Å². The molecule has 0 aliphatic heterocycles. The molecule has 5 nitrogen and oxygen atoms in total. The summed E-state index contributed by atoms with van der Waals surface area (Å²) in [4.78, 5) is 7.19. The Kier molecular flexibility index (Phi) is 10.1. The number of aliphatic imine (C=N–C) groups is 1. The molecule has 0 saturated carbocycles. The number of halogens is 1. The minimum atomic E-state index is 0. The normalized spacial score (nSPS) is 16.2. The van der Waals surface area contributed by atoms with Crippen LogP contribution in [0.3, 0.4) is 0 Å². The summed E-state index contributed by atoms with van der Waals surface area (Å²) in [5.74, 6) is 1.88. The Morgan fingerprint density at radius 2 is 2.00 bits per heavy atom. The molecule has 0 bridgehead atoms. The van der Waals surface area contributed by atoms with E-state index in [1.807, 2.05) is 12.1 Å². The highest BCUT2D eigenvalue weighted by molar-refractivity contribution is 14.0. The molecule has 136 valence electrons. The van der Waals surface area contributed by atoms with Crippen LogP contribution in [-0.4, -0.2) is 43.1 Å². The molecule has 1 aliphatic carbocycles. The molecule has 2 N–H and O–H groups in total. The molecule has 1 aromatic rings. The van der Waals surface area contributed by atoms with E-state index in [1.54, 1.807) is 6.26 Å². The Morgan fingerprint density at radius 1 is 1.29 bits per heavy atom. The Balaban J connectivity index is 0.00000288. The van der Waals surface area contributed by atoms with Crippen molar-refractivity contribution in [2.45, 2.75) is 45.7 Å². The van der Waals surface area contributed by atoms with Crippen molar-refractivity contribution in [2.24, 2.45) is 4.99 Å². The fourth-order valence-electron chi connectivity index (χ4n) is 2.96. The van der Waals surface area contributed by atoms with Gasteiger partial charge in [-0.3, -0.25) is 9.89 Å². The maximum absolute atomic E-state index is 5.64. The maximum Gasteiger partial charge on any atom is 0.191 e. The second-order valence-electron chi connectivity index (χ2n) is 5.76. The zero-order chi connectivity index (χ0) is 16.5. The number of furan rings is 1. The van der Waals surface area contributed by atoms with Gasteiger partial charge in [0.1, 0.15) is 5.76 Å². The molecule has 0 aromatic carbocycles. The Morgan fingerprint density at radius 3 is 2.54 bits per heavy atom. The second kappa shape index (κ2) is 11.5. The summed E-state index contributed by atoms with van der Waals surface area (Å²) in [6.45, 7) is 9.96. The number of nitrogens with one attached hydrogen (secondary N) is 2. The van der Waals surface area contributed by atoms with Crippen LogP contribution in [0, 0.1) is 0 Å². The molecular weight excluding hydrogens is 415 g/mol. The van der Waals surface area contributed by atoms with Gasteiger partial charge in [0.2, 0.25) is 0 Å². The molecule has 0 spiro atoms. The van der Waals surface area contributed by atoms with Crippen LogP contribution in [0.15, 0.2) is 40.0 Å². The summed E-state index contributed by atoms with van der Waals surface area (Å²) in [6.07, 6.45) is 8.33. The van der Waals surface area contributed by atoms with Crippen LogP contribution >= 0.6 is 24.0 Å². The second-order valence-corrected chi connectivity index (χ2v) is 5.76. The summed E-state index contributed by atoms with van der Waals surface area (Å²) in [7, 11) is 0. The minimum absolute atomic E-state index is 0. The first kappa shape index (κ1) is 21.0. The van der Waals surface area contributed by atoms with Gasteiger partial charge in [0.05, 0.1) is 18.8 Å². The lowest BCUT2D eigenvalue weighted by molar-refractivity contribution is 0.198. The first-order valence-electron chi connectivity index (χ1n) is 8.75. The quantitative estimate of drug-likeness (QED) is 0.278. The molecular formula is C18H31IN4O. The molecule has 24 heavy (non-hydrogen) atoms. The molecule has 1 aromatic heterocycles. The highest BCUT2D eigenvalue weighted by atomic mass is 127. The third kappa shape index (κ3) is 6.12. The molecule has 0 fully saturated rings. The van der Waals surface area contributed by atoms with Gasteiger partial charge in [-0.05, 0) is 45.0 Å². The summed E-state index contributed by atoms with van der Waals surface area (Å²) in [5, 5.41) is 6.87. The van der Waals surface area contributed by atoms with E-state index in [1.165, 1.54) is 0 Å². The van der Waals surface area contributed by atoms with Gasteiger partial charge in [-0.1, -0.05) is 26.0 Å². The van der Waals surface area contributed by atoms with Crippen LogP contribution in [0.5, 0.6) is 0 Å². The average molecular weight is 446 g/mol. The van der Waals surface area contributed by atoms with Crippen molar-refractivity contribution in [2.75, 3.05) is 26.2 Å². The van der Waals surface area contributed by atoms with Crippen LogP contribution in [0.4, 0.5) is 0 Å². The van der Waals surface area contributed by atoms with Crippen LogP contribution in [0.2, 0.25) is 0 Å². The van der Waals surface area contributed by atoms with Gasteiger partial charge < -0.3 is 15.1 Å². The number of nitrogens with zero attached hydrogens (tertiary/aromatic N) is 2. The van der Waals surface area contributed by atoms with Crippen molar-refractivity contribution in [1.82, 2.24) is 15.5 Å². The summed E-state index contributed by atoms with van der Waals surface area (Å²) >= 11 is 0. The van der Waals surface area contributed by atoms with E-state index in [2.05, 4.69) is 48.5 Å². The number of hydrogen-bond acceptors (Lipinski definition) is 3.